The Kier molecular flexibility index (Phi) is 5.11. The number of hydrogen-bond donors (Lipinski definition) is 3. The second-order valence-electron chi connectivity index (χ2n) is 3.75. The molecule has 0 aliphatic heterocycles. The van der Waals surface area contributed by atoms with Gasteiger partial charge >= 0.3 is 0 Å². The predicted octanol–water partition coefficient (Wildman–Crippen LogP) is 0.00730. The second-order valence-corrected chi connectivity index (χ2v) is 5.58. The van der Waals surface area contributed by atoms with E-state index in [1.807, 2.05) is 0 Å². The lowest BCUT2D eigenvalue weighted by molar-refractivity contribution is 0.0954. The number of hydrogen-bond acceptors (Lipinski definition) is 4. The number of nitrogens with one attached hydrogen (secondary N) is 3. The van der Waals surface area contributed by atoms with Crippen LogP contribution in [0.15, 0.2) is 24.3 Å². The standard InChI is InChI=1S/C11H17N3O3S/c1-12-10-5-3-9(4-6-10)11(15)13-7-8-14-18(2,16)17/h3-6,12,14H,7-8H2,1-2H3,(H,13,15). The van der Waals surface area contributed by atoms with E-state index in [-0.39, 0.29) is 19.0 Å². The van der Waals surface area contributed by atoms with Crippen LogP contribution in [0.2, 0.25) is 0 Å². The topological polar surface area (TPSA) is 87.3 Å². The number of carbonyl (C=O) groups excluding carboxylic acids is 1. The molecule has 100 valence electrons. The summed E-state index contributed by atoms with van der Waals surface area (Å²) in [5.74, 6) is -0.229. The van der Waals surface area contributed by atoms with Crippen LogP contribution < -0.4 is 15.4 Å². The van der Waals surface area contributed by atoms with Crippen molar-refractivity contribution in [3.8, 4) is 0 Å². The Morgan fingerprint density at radius 2 is 1.78 bits per heavy atom. The van der Waals surface area contributed by atoms with Gasteiger partial charge in [-0.05, 0) is 24.3 Å². The first-order valence-electron chi connectivity index (χ1n) is 5.43. The molecule has 1 rings (SSSR count). The van der Waals surface area contributed by atoms with Crippen molar-refractivity contribution in [1.29, 1.82) is 0 Å². The van der Waals surface area contributed by atoms with Crippen LogP contribution >= 0.6 is 0 Å². The Morgan fingerprint density at radius 3 is 2.28 bits per heavy atom. The van der Waals surface area contributed by atoms with Gasteiger partial charge in [0.05, 0.1) is 6.26 Å². The van der Waals surface area contributed by atoms with Crippen LogP contribution in [0.5, 0.6) is 0 Å². The van der Waals surface area contributed by atoms with Crippen molar-refractivity contribution >= 4 is 21.6 Å². The number of benzene rings is 1. The van der Waals surface area contributed by atoms with E-state index in [1.165, 1.54) is 0 Å². The molecule has 0 atom stereocenters. The fourth-order valence-electron chi connectivity index (χ4n) is 1.30. The van der Waals surface area contributed by atoms with Gasteiger partial charge in [-0.1, -0.05) is 0 Å². The molecule has 0 unspecified atom stereocenters. The van der Waals surface area contributed by atoms with Crippen molar-refractivity contribution in [1.82, 2.24) is 10.0 Å². The SMILES string of the molecule is CNc1ccc(C(=O)NCCNS(C)(=O)=O)cc1. The maximum absolute atomic E-state index is 11.7. The van der Waals surface area contributed by atoms with Crippen molar-refractivity contribution < 1.29 is 13.2 Å². The van der Waals surface area contributed by atoms with E-state index in [2.05, 4.69) is 15.4 Å². The molecule has 0 aliphatic rings. The van der Waals surface area contributed by atoms with Crippen molar-refractivity contribution in [2.24, 2.45) is 0 Å². The smallest absolute Gasteiger partial charge is 0.251 e. The van der Waals surface area contributed by atoms with Gasteiger partial charge in [0.25, 0.3) is 5.91 Å². The molecule has 0 fully saturated rings. The van der Waals surface area contributed by atoms with Gasteiger partial charge in [-0.2, -0.15) is 0 Å². The number of amides is 1. The van der Waals surface area contributed by atoms with E-state index in [4.69, 9.17) is 0 Å². The molecule has 7 heteroatoms. The van der Waals surface area contributed by atoms with E-state index in [9.17, 15) is 13.2 Å². The molecule has 6 nitrogen and oxygen atoms in total. The average molecular weight is 271 g/mol. The summed E-state index contributed by atoms with van der Waals surface area (Å²) in [6.07, 6.45) is 1.07. The summed E-state index contributed by atoms with van der Waals surface area (Å²) in [7, 11) is -1.41. The van der Waals surface area contributed by atoms with Crippen LogP contribution in [-0.2, 0) is 10.0 Å². The molecule has 3 N–H and O–H groups in total. The number of sulfonamides is 1. The summed E-state index contributed by atoms with van der Waals surface area (Å²) in [6, 6.07) is 6.99. The molecule has 0 aromatic heterocycles. The summed E-state index contributed by atoms with van der Waals surface area (Å²) >= 11 is 0. The van der Waals surface area contributed by atoms with Gasteiger partial charge in [0, 0.05) is 31.4 Å². The highest BCUT2D eigenvalue weighted by Gasteiger charge is 2.05. The van der Waals surface area contributed by atoms with Crippen LogP contribution in [0.4, 0.5) is 5.69 Å². The van der Waals surface area contributed by atoms with E-state index in [0.717, 1.165) is 11.9 Å². The minimum atomic E-state index is -3.21. The molecule has 18 heavy (non-hydrogen) atoms. The minimum absolute atomic E-state index is 0.180. The predicted molar refractivity (Wildman–Crippen MR) is 71.2 cm³/mol. The fourth-order valence-corrected chi connectivity index (χ4v) is 1.78. The molecule has 0 saturated carbocycles. The third-order valence-electron chi connectivity index (χ3n) is 2.21. The second kappa shape index (κ2) is 6.36. The van der Waals surface area contributed by atoms with E-state index >= 15 is 0 Å². The van der Waals surface area contributed by atoms with E-state index in [1.54, 1.807) is 31.3 Å². The van der Waals surface area contributed by atoms with Gasteiger partial charge in [0.15, 0.2) is 0 Å². The normalized spacial score (nSPS) is 11.0. The first kappa shape index (κ1) is 14.5. The summed E-state index contributed by atoms with van der Waals surface area (Å²) in [5, 5.41) is 5.58. The molecule has 0 radical (unpaired) electrons. The van der Waals surface area contributed by atoms with Crippen LogP contribution in [0.3, 0.4) is 0 Å². The molecule has 0 aliphatic carbocycles. The summed E-state index contributed by atoms with van der Waals surface area (Å²) in [6.45, 7) is 0.429. The van der Waals surface area contributed by atoms with Crippen LogP contribution in [0.25, 0.3) is 0 Å². The van der Waals surface area contributed by atoms with Gasteiger partial charge in [-0.25, -0.2) is 13.1 Å². The lowest BCUT2D eigenvalue weighted by Gasteiger charge is -2.06. The van der Waals surface area contributed by atoms with Crippen molar-refractivity contribution in [2.75, 3.05) is 31.7 Å². The van der Waals surface area contributed by atoms with Gasteiger partial charge in [0.1, 0.15) is 0 Å². The molecular formula is C11H17N3O3S. The van der Waals surface area contributed by atoms with E-state index in [0.29, 0.717) is 5.56 Å². The molecule has 0 bridgehead atoms. The Bertz CT molecular complexity index is 497. The van der Waals surface area contributed by atoms with Crippen LogP contribution in [0.1, 0.15) is 10.4 Å². The number of carbonyl (C=O) groups is 1. The van der Waals surface area contributed by atoms with Gasteiger partial charge < -0.3 is 10.6 Å². The monoisotopic (exact) mass is 271 g/mol. The molecule has 0 heterocycles. The van der Waals surface area contributed by atoms with Crippen molar-refractivity contribution in [3.05, 3.63) is 29.8 Å². The highest BCUT2D eigenvalue weighted by Crippen LogP contribution is 2.07. The van der Waals surface area contributed by atoms with Gasteiger partial charge in [-0.3, -0.25) is 4.79 Å². The Morgan fingerprint density at radius 1 is 1.17 bits per heavy atom. The zero-order valence-electron chi connectivity index (χ0n) is 10.4. The largest absolute Gasteiger partial charge is 0.388 e. The Hall–Kier alpha value is -1.60. The lowest BCUT2D eigenvalue weighted by Crippen LogP contribution is -2.34. The Balaban J connectivity index is 2.40. The third-order valence-corrected chi connectivity index (χ3v) is 2.94. The number of anilines is 1. The van der Waals surface area contributed by atoms with Crippen molar-refractivity contribution in [3.63, 3.8) is 0 Å². The van der Waals surface area contributed by atoms with Crippen LogP contribution in [-0.4, -0.2) is 40.7 Å². The molecule has 0 saturated heterocycles. The quantitative estimate of drug-likeness (QED) is 0.636. The lowest BCUT2D eigenvalue weighted by atomic mass is 10.2. The maximum Gasteiger partial charge on any atom is 0.251 e. The minimum Gasteiger partial charge on any atom is -0.388 e. The summed E-state index contributed by atoms with van der Waals surface area (Å²) in [5.41, 5.74) is 1.46. The molecule has 1 aromatic rings. The van der Waals surface area contributed by atoms with Crippen LogP contribution in [0, 0.1) is 0 Å². The number of rotatable bonds is 6. The molecule has 1 amide bonds. The van der Waals surface area contributed by atoms with Gasteiger partial charge in [0.2, 0.25) is 10.0 Å². The highest BCUT2D eigenvalue weighted by molar-refractivity contribution is 7.88. The molecule has 0 spiro atoms. The fraction of sp³-hybridized carbons (Fsp3) is 0.364. The highest BCUT2D eigenvalue weighted by atomic mass is 32.2. The van der Waals surface area contributed by atoms with E-state index < -0.39 is 10.0 Å². The average Bonchev–Trinajstić information content (AvgIpc) is 2.33. The summed E-state index contributed by atoms with van der Waals surface area (Å²) < 4.78 is 23.9. The molecule has 1 aromatic carbocycles. The third kappa shape index (κ3) is 5.15. The zero-order chi connectivity index (χ0) is 13.6. The molecular weight excluding hydrogens is 254 g/mol. The Labute approximate surface area is 107 Å². The first-order chi connectivity index (χ1) is 8.42. The zero-order valence-corrected chi connectivity index (χ0v) is 11.2. The first-order valence-corrected chi connectivity index (χ1v) is 7.32. The van der Waals surface area contributed by atoms with Gasteiger partial charge in [-0.15, -0.1) is 0 Å². The van der Waals surface area contributed by atoms with Crippen molar-refractivity contribution in [2.45, 2.75) is 0 Å². The summed E-state index contributed by atoms with van der Waals surface area (Å²) in [4.78, 5) is 11.7. The maximum atomic E-state index is 11.7.